The van der Waals surface area contributed by atoms with Crippen LogP contribution in [0.3, 0.4) is 0 Å². The van der Waals surface area contributed by atoms with E-state index < -0.39 is 23.2 Å². The number of nitrogens with two attached hydrogens (primary N) is 1. The molecule has 11 rings (SSSR count). The van der Waals surface area contributed by atoms with E-state index in [1.165, 1.54) is 12.1 Å². The number of anilines is 1. The molecule has 5 aromatic rings. The fraction of sp³-hybridized carbons (Fsp3) is 0.547. The van der Waals surface area contributed by atoms with Gasteiger partial charge in [0.05, 0.1) is 42.3 Å². The molecule has 6 N–H and O–H groups in total. The van der Waals surface area contributed by atoms with Gasteiger partial charge in [-0.05, 0) is 111 Å². The van der Waals surface area contributed by atoms with E-state index in [1.54, 1.807) is 17.3 Å². The van der Waals surface area contributed by atoms with Gasteiger partial charge in [0, 0.05) is 126 Å². The number of fused-ring (bicyclic) bond motifs is 1. The van der Waals surface area contributed by atoms with E-state index >= 15 is 0 Å². The van der Waals surface area contributed by atoms with Crippen LogP contribution in [0.15, 0.2) is 85.3 Å². The summed E-state index contributed by atoms with van der Waals surface area (Å²) in [6.45, 7) is 8.87. The van der Waals surface area contributed by atoms with Crippen molar-refractivity contribution in [2.24, 2.45) is 11.7 Å². The van der Waals surface area contributed by atoms with Gasteiger partial charge in [-0.3, -0.25) is 33.8 Å². The van der Waals surface area contributed by atoms with Gasteiger partial charge in [-0.1, -0.05) is 61.2 Å². The summed E-state index contributed by atoms with van der Waals surface area (Å²) >= 11 is 6.29. The predicted molar refractivity (Wildman–Crippen MR) is 324 cm³/mol. The summed E-state index contributed by atoms with van der Waals surface area (Å²) in [7, 11) is 0. The van der Waals surface area contributed by atoms with Crippen molar-refractivity contribution in [3.63, 3.8) is 0 Å². The number of aromatic amines is 1. The molecule has 6 fully saturated rings. The quantitative estimate of drug-likeness (QED) is 0.0592. The summed E-state index contributed by atoms with van der Waals surface area (Å²) in [6, 6.07) is 19.5. The number of piperidine rings is 3. The van der Waals surface area contributed by atoms with Gasteiger partial charge in [0.15, 0.2) is 0 Å². The van der Waals surface area contributed by atoms with Crippen molar-refractivity contribution in [3.8, 4) is 0 Å². The first-order valence-corrected chi connectivity index (χ1v) is 31.5. The van der Waals surface area contributed by atoms with Crippen molar-refractivity contribution in [3.05, 3.63) is 124 Å². The zero-order valence-corrected chi connectivity index (χ0v) is 49.8. The minimum absolute atomic E-state index is 0.0202. The number of hydrogen-bond acceptors (Lipinski definition) is 13. The topological polar surface area (TPSA) is 218 Å². The van der Waals surface area contributed by atoms with Crippen LogP contribution in [0.5, 0.6) is 0 Å². The number of halogens is 3. The van der Waals surface area contributed by atoms with Gasteiger partial charge >= 0.3 is 0 Å². The van der Waals surface area contributed by atoms with Crippen molar-refractivity contribution in [2.45, 2.75) is 119 Å². The van der Waals surface area contributed by atoms with Crippen LogP contribution in [0.2, 0.25) is 5.02 Å². The van der Waals surface area contributed by atoms with Crippen molar-refractivity contribution in [2.75, 3.05) is 103 Å². The number of benzene rings is 3. The minimum Gasteiger partial charge on any atom is -0.375 e. The Hall–Kier alpha value is -6.62. The molecule has 460 valence electrons. The number of H-pyrrole nitrogens is 1. The number of nitrogens with one attached hydrogen (secondary N) is 4. The van der Waals surface area contributed by atoms with Crippen LogP contribution in [0.1, 0.15) is 116 Å². The number of carbonyl (C=O) groups is 5. The maximum absolute atomic E-state index is 14.4. The standard InChI is InChI=1S/C64H82ClF2N13O6/c65-49-12-9-43(10-13-49)55(73-63(85)64(68)21-29-78(30-22-64)60-53-15-23-70-59(53)71-42-72-60)20-26-75-31-33-77(34-32-75)57(82)41-76-24-16-51(17-25-76)86-52-18-27-79(28-19-52)62(84)58(44-5-2-1-3-6-44)74-61(83)46-8-4-7-45(35-46)48-39-80(40-48)56(81)38-69-37-47-11-14-50(66)36-54(47)67/h4,7-15,23,35-36,42,44,48,51-52,55,58,69H,1-3,5-6,16-22,24-34,37-41,68H2,(H,73,85)(H,74,83)(H,70,71,72)/t55-,58+/m0/s1. The van der Waals surface area contributed by atoms with E-state index in [9.17, 15) is 32.8 Å². The summed E-state index contributed by atoms with van der Waals surface area (Å²) in [6.07, 6.45) is 13.2. The number of hydrogen-bond donors (Lipinski definition) is 5. The molecule has 2 atom stereocenters. The Morgan fingerprint density at radius 3 is 2.19 bits per heavy atom. The molecule has 22 heteroatoms. The molecule has 2 aromatic heterocycles. The monoisotopic (exact) mass is 1200 g/mol. The van der Waals surface area contributed by atoms with Crippen LogP contribution in [0.25, 0.3) is 11.0 Å². The van der Waals surface area contributed by atoms with Gasteiger partial charge in [0.2, 0.25) is 23.6 Å². The third-order valence-electron chi connectivity index (χ3n) is 18.9. The molecule has 19 nitrogen and oxygen atoms in total. The van der Waals surface area contributed by atoms with Gasteiger partial charge in [-0.25, -0.2) is 18.7 Å². The van der Waals surface area contributed by atoms with E-state index in [-0.39, 0.29) is 78.3 Å². The second kappa shape index (κ2) is 28.0. The first kappa shape index (κ1) is 61.0. The summed E-state index contributed by atoms with van der Waals surface area (Å²) < 4.78 is 34.0. The maximum atomic E-state index is 14.4. The molecule has 1 saturated carbocycles. The van der Waals surface area contributed by atoms with E-state index in [2.05, 4.69) is 45.6 Å². The third kappa shape index (κ3) is 15.0. The Morgan fingerprint density at radius 2 is 1.47 bits per heavy atom. The molecule has 0 bridgehead atoms. The molecule has 5 amide bonds. The summed E-state index contributed by atoms with van der Waals surface area (Å²) in [5.74, 6) is -0.813. The number of carbonyl (C=O) groups excluding carboxylic acids is 5. The number of likely N-dealkylation sites (tertiary alicyclic amines) is 3. The second-order valence-corrected chi connectivity index (χ2v) is 25.1. The van der Waals surface area contributed by atoms with E-state index in [4.69, 9.17) is 22.1 Å². The first-order valence-electron chi connectivity index (χ1n) is 31.1. The van der Waals surface area contributed by atoms with Crippen LogP contribution < -0.4 is 26.6 Å². The smallest absolute Gasteiger partial charge is 0.251 e. The lowest BCUT2D eigenvalue weighted by molar-refractivity contribution is -0.140. The second-order valence-electron chi connectivity index (χ2n) is 24.6. The van der Waals surface area contributed by atoms with Crippen LogP contribution in [-0.2, 0) is 30.5 Å². The SMILES string of the molecule is NC1(C(=O)N[C@@H](CCN2CCN(C(=O)CN3CCC(OC4CCN(C(=O)[C@H](NC(=O)c5cccc(C6CN(C(=O)CNCc7ccc(F)cc7F)C6)c5)C5CCCCC5)CC4)CC3)CC2)c2ccc(Cl)cc2)CCN(c2ncnc3[nH]ccc23)CC1. The molecular weight excluding hydrogens is 1120 g/mol. The Balaban J connectivity index is 0.585. The Kier molecular flexibility index (Phi) is 19.9. The fourth-order valence-corrected chi connectivity index (χ4v) is 13.6. The van der Waals surface area contributed by atoms with Crippen LogP contribution >= 0.6 is 11.6 Å². The first-order chi connectivity index (χ1) is 41.7. The number of rotatable bonds is 20. The zero-order valence-electron chi connectivity index (χ0n) is 49.1. The molecule has 0 unspecified atom stereocenters. The van der Waals surface area contributed by atoms with Crippen molar-refractivity contribution in [1.29, 1.82) is 0 Å². The molecule has 6 aliphatic rings. The Morgan fingerprint density at radius 1 is 0.744 bits per heavy atom. The Bertz CT molecular complexity index is 3150. The number of ether oxygens (including phenoxy) is 1. The molecule has 5 saturated heterocycles. The highest BCUT2D eigenvalue weighted by molar-refractivity contribution is 6.30. The minimum atomic E-state index is -1.03. The molecular formula is C64H82ClF2N13O6. The number of piperazine rings is 1. The highest BCUT2D eigenvalue weighted by atomic mass is 35.5. The average molecular weight is 1200 g/mol. The molecule has 0 spiro atoms. The highest BCUT2D eigenvalue weighted by Gasteiger charge is 2.41. The maximum Gasteiger partial charge on any atom is 0.251 e. The van der Waals surface area contributed by atoms with Crippen molar-refractivity contribution >= 4 is 58.0 Å². The molecule has 1 aliphatic carbocycles. The molecule has 5 aliphatic heterocycles. The van der Waals surface area contributed by atoms with E-state index in [0.717, 1.165) is 125 Å². The number of aromatic nitrogens is 3. The number of amides is 5. The zero-order chi connectivity index (χ0) is 59.7. The lowest BCUT2D eigenvalue weighted by atomic mass is 9.83. The lowest BCUT2D eigenvalue weighted by Crippen LogP contribution is -2.60. The summed E-state index contributed by atoms with van der Waals surface area (Å²) in [5.41, 5.74) is 9.31. The summed E-state index contributed by atoms with van der Waals surface area (Å²) in [4.78, 5) is 93.4. The molecule has 7 heterocycles. The van der Waals surface area contributed by atoms with E-state index in [1.807, 2.05) is 64.5 Å². The third-order valence-corrected chi connectivity index (χ3v) is 19.2. The van der Waals surface area contributed by atoms with Gasteiger partial charge in [0.25, 0.3) is 5.91 Å². The van der Waals surface area contributed by atoms with Crippen molar-refractivity contribution in [1.82, 2.24) is 55.4 Å². The largest absolute Gasteiger partial charge is 0.375 e. The Labute approximate surface area is 507 Å². The van der Waals surface area contributed by atoms with Crippen LogP contribution in [0, 0.1) is 17.6 Å². The number of nitrogens with zero attached hydrogens (tertiary/aromatic N) is 8. The average Bonchev–Trinajstić information content (AvgIpc) is 2.27. The van der Waals surface area contributed by atoms with E-state index in [0.29, 0.717) is 88.8 Å². The molecule has 86 heavy (non-hydrogen) atoms. The predicted octanol–water partition coefficient (Wildman–Crippen LogP) is 6.15. The van der Waals surface area contributed by atoms with Gasteiger partial charge in [-0.2, -0.15) is 0 Å². The normalized spacial score (nSPS) is 20.4. The van der Waals surface area contributed by atoms with Gasteiger partial charge < -0.3 is 51.0 Å². The summed E-state index contributed by atoms with van der Waals surface area (Å²) in [5, 5.41) is 11.0. The van der Waals surface area contributed by atoms with Crippen LogP contribution in [0.4, 0.5) is 14.6 Å². The molecule has 0 radical (unpaired) electrons. The van der Waals surface area contributed by atoms with Crippen LogP contribution in [-0.4, -0.2) is 191 Å². The highest BCUT2D eigenvalue weighted by Crippen LogP contribution is 2.33. The van der Waals surface area contributed by atoms with Gasteiger partial charge in [-0.15, -0.1) is 0 Å². The fourth-order valence-electron chi connectivity index (χ4n) is 13.5. The van der Waals surface area contributed by atoms with Crippen molar-refractivity contribution < 1.29 is 37.5 Å². The van der Waals surface area contributed by atoms with Gasteiger partial charge in [0.1, 0.15) is 35.5 Å². The molecule has 3 aromatic carbocycles. The lowest BCUT2D eigenvalue weighted by Gasteiger charge is -2.40.